The van der Waals surface area contributed by atoms with Gasteiger partial charge in [0.05, 0.1) is 5.69 Å². The Labute approximate surface area is 110 Å². The number of nitrogen functional groups attached to an aromatic ring is 1. The van der Waals surface area contributed by atoms with Crippen LogP contribution in [-0.4, -0.2) is 9.78 Å². The number of rotatable bonds is 2. The van der Waals surface area contributed by atoms with E-state index in [-0.39, 0.29) is 17.2 Å². The summed E-state index contributed by atoms with van der Waals surface area (Å²) in [6.45, 7) is 5.65. The summed E-state index contributed by atoms with van der Waals surface area (Å²) in [6.07, 6.45) is 0. The Balaban J connectivity index is 2.71. The molecule has 19 heavy (non-hydrogen) atoms. The highest BCUT2D eigenvalue weighted by Gasteiger charge is 2.27. The fraction of sp³-hybridized carbons (Fsp3) is 0.308. The lowest BCUT2D eigenvalue weighted by Crippen LogP contribution is -2.13. The summed E-state index contributed by atoms with van der Waals surface area (Å²) in [5.74, 6) is -0.417. The molecular formula is C13H15FN4O. The Kier molecular flexibility index (Phi) is 3.09. The lowest BCUT2D eigenvalue weighted by Gasteiger charge is -2.14. The fourth-order valence-corrected chi connectivity index (χ4v) is 1.83. The first-order valence-corrected chi connectivity index (χ1v) is 5.83. The molecule has 1 aromatic heterocycles. The SMILES string of the molecule is CC(C)(C)c1nn(-c2ccccc2F)c(N)c1N=O. The van der Waals surface area contributed by atoms with Crippen molar-refractivity contribution in [1.29, 1.82) is 0 Å². The third-order valence-corrected chi connectivity index (χ3v) is 2.78. The molecule has 0 unspecified atom stereocenters. The van der Waals surface area contributed by atoms with Gasteiger partial charge in [0.2, 0.25) is 0 Å². The molecule has 2 aromatic rings. The summed E-state index contributed by atoms with van der Waals surface area (Å²) in [7, 11) is 0. The van der Waals surface area contributed by atoms with Crippen LogP contribution in [-0.2, 0) is 5.41 Å². The number of hydrogen-bond donors (Lipinski definition) is 1. The number of halogens is 1. The van der Waals surface area contributed by atoms with Crippen molar-refractivity contribution in [2.75, 3.05) is 5.73 Å². The summed E-state index contributed by atoms with van der Waals surface area (Å²) in [5, 5.41) is 7.17. The van der Waals surface area contributed by atoms with Gasteiger partial charge in [0.25, 0.3) is 0 Å². The van der Waals surface area contributed by atoms with Gasteiger partial charge in [-0.2, -0.15) is 5.10 Å². The Hall–Kier alpha value is -2.24. The van der Waals surface area contributed by atoms with Gasteiger partial charge in [0, 0.05) is 5.41 Å². The number of nitroso groups, excluding NO2 is 1. The van der Waals surface area contributed by atoms with Crippen LogP contribution in [0.2, 0.25) is 0 Å². The molecule has 0 saturated carbocycles. The maximum atomic E-state index is 13.8. The van der Waals surface area contributed by atoms with Gasteiger partial charge in [-0.3, -0.25) is 0 Å². The summed E-state index contributed by atoms with van der Waals surface area (Å²) in [5.41, 5.74) is 6.15. The number of anilines is 1. The fourth-order valence-electron chi connectivity index (χ4n) is 1.83. The zero-order valence-corrected chi connectivity index (χ0v) is 11.0. The molecule has 0 radical (unpaired) electrons. The molecule has 0 bridgehead atoms. The minimum Gasteiger partial charge on any atom is -0.382 e. The molecule has 0 fully saturated rings. The van der Waals surface area contributed by atoms with Gasteiger partial charge < -0.3 is 5.73 Å². The predicted octanol–water partition coefficient (Wildman–Crippen LogP) is 3.29. The smallest absolute Gasteiger partial charge is 0.173 e. The van der Waals surface area contributed by atoms with Gasteiger partial charge >= 0.3 is 0 Å². The van der Waals surface area contributed by atoms with Crippen molar-refractivity contribution in [3.8, 4) is 5.69 Å². The van der Waals surface area contributed by atoms with Crippen LogP contribution in [0.5, 0.6) is 0 Å². The number of hydrogen-bond acceptors (Lipinski definition) is 4. The lowest BCUT2D eigenvalue weighted by atomic mass is 9.91. The Morgan fingerprint density at radius 1 is 1.32 bits per heavy atom. The molecule has 6 heteroatoms. The minimum atomic E-state index is -0.463. The van der Waals surface area contributed by atoms with Crippen molar-refractivity contribution in [2.45, 2.75) is 26.2 Å². The van der Waals surface area contributed by atoms with Crippen LogP contribution in [0.4, 0.5) is 15.9 Å². The van der Waals surface area contributed by atoms with E-state index in [0.717, 1.165) is 0 Å². The van der Waals surface area contributed by atoms with E-state index in [2.05, 4.69) is 10.3 Å². The second-order valence-corrected chi connectivity index (χ2v) is 5.29. The Morgan fingerprint density at radius 3 is 2.42 bits per heavy atom. The highest BCUT2D eigenvalue weighted by molar-refractivity contribution is 5.65. The molecule has 5 nitrogen and oxygen atoms in total. The molecule has 1 heterocycles. The molecule has 2 rings (SSSR count). The third kappa shape index (κ3) is 2.21. The molecule has 0 saturated heterocycles. The van der Waals surface area contributed by atoms with Crippen LogP contribution in [0.3, 0.4) is 0 Å². The maximum Gasteiger partial charge on any atom is 0.173 e. The van der Waals surface area contributed by atoms with Gasteiger partial charge in [0.1, 0.15) is 11.5 Å². The van der Waals surface area contributed by atoms with Crippen molar-refractivity contribution in [2.24, 2.45) is 5.18 Å². The summed E-state index contributed by atoms with van der Waals surface area (Å²) >= 11 is 0. The largest absolute Gasteiger partial charge is 0.382 e. The summed E-state index contributed by atoms with van der Waals surface area (Å²) in [4.78, 5) is 10.9. The Bertz CT molecular complexity index is 628. The van der Waals surface area contributed by atoms with Crippen LogP contribution < -0.4 is 5.73 Å². The highest BCUT2D eigenvalue weighted by atomic mass is 19.1. The first-order chi connectivity index (χ1) is 8.86. The number of aromatic nitrogens is 2. The maximum absolute atomic E-state index is 13.8. The van der Waals surface area contributed by atoms with Crippen LogP contribution in [0.25, 0.3) is 5.69 Å². The molecule has 0 amide bonds. The van der Waals surface area contributed by atoms with Gasteiger partial charge in [-0.05, 0) is 17.3 Å². The molecule has 2 N–H and O–H groups in total. The van der Waals surface area contributed by atoms with Gasteiger partial charge in [0.15, 0.2) is 11.5 Å². The van der Waals surface area contributed by atoms with E-state index in [4.69, 9.17) is 5.73 Å². The van der Waals surface area contributed by atoms with Crippen LogP contribution in [0.15, 0.2) is 29.4 Å². The molecule has 1 aromatic carbocycles. The minimum absolute atomic E-state index is 0.0463. The van der Waals surface area contributed by atoms with Crippen molar-refractivity contribution < 1.29 is 4.39 Å². The molecule has 0 aliphatic carbocycles. The summed E-state index contributed by atoms with van der Waals surface area (Å²) < 4.78 is 15.0. The predicted molar refractivity (Wildman–Crippen MR) is 72.1 cm³/mol. The van der Waals surface area contributed by atoms with Crippen LogP contribution in [0, 0.1) is 10.7 Å². The average Bonchev–Trinajstić information content (AvgIpc) is 2.67. The van der Waals surface area contributed by atoms with E-state index in [1.807, 2.05) is 20.8 Å². The molecule has 0 aliphatic heterocycles. The second kappa shape index (κ2) is 4.46. The number of nitrogens with two attached hydrogens (primary N) is 1. The number of benzene rings is 1. The normalized spacial score (nSPS) is 11.6. The highest BCUT2D eigenvalue weighted by Crippen LogP contribution is 2.36. The monoisotopic (exact) mass is 262 g/mol. The van der Waals surface area contributed by atoms with Gasteiger partial charge in [-0.15, -0.1) is 4.91 Å². The number of para-hydroxylation sites is 1. The molecule has 0 spiro atoms. The van der Waals surface area contributed by atoms with Crippen molar-refractivity contribution in [3.63, 3.8) is 0 Å². The topological polar surface area (TPSA) is 73.3 Å². The van der Waals surface area contributed by atoms with Gasteiger partial charge in [-0.25, -0.2) is 9.07 Å². The molecule has 100 valence electrons. The molecule has 0 aliphatic rings. The van der Waals surface area contributed by atoms with Crippen molar-refractivity contribution >= 4 is 11.5 Å². The van der Waals surface area contributed by atoms with Crippen molar-refractivity contribution in [1.82, 2.24) is 9.78 Å². The summed E-state index contributed by atoms with van der Waals surface area (Å²) in [6, 6.07) is 6.09. The van der Waals surface area contributed by atoms with Crippen LogP contribution in [0.1, 0.15) is 26.5 Å². The van der Waals surface area contributed by atoms with E-state index in [0.29, 0.717) is 5.69 Å². The van der Waals surface area contributed by atoms with E-state index in [1.54, 1.807) is 18.2 Å². The average molecular weight is 262 g/mol. The van der Waals surface area contributed by atoms with E-state index in [9.17, 15) is 9.30 Å². The van der Waals surface area contributed by atoms with Gasteiger partial charge in [-0.1, -0.05) is 32.9 Å². The zero-order valence-electron chi connectivity index (χ0n) is 11.0. The molecular weight excluding hydrogens is 247 g/mol. The molecule has 0 atom stereocenters. The first-order valence-electron chi connectivity index (χ1n) is 5.83. The van der Waals surface area contributed by atoms with E-state index in [1.165, 1.54) is 10.7 Å². The Morgan fingerprint density at radius 2 is 1.95 bits per heavy atom. The zero-order chi connectivity index (χ0) is 14.2. The van der Waals surface area contributed by atoms with Crippen LogP contribution >= 0.6 is 0 Å². The standard InChI is InChI=1S/C13H15FN4O/c1-13(2,3)11-10(17-19)12(15)18(16-11)9-7-5-4-6-8(9)14/h4-7H,15H2,1-3H3. The van der Waals surface area contributed by atoms with E-state index >= 15 is 0 Å². The lowest BCUT2D eigenvalue weighted by molar-refractivity contribution is 0.556. The van der Waals surface area contributed by atoms with Crippen molar-refractivity contribution in [3.05, 3.63) is 40.7 Å². The first kappa shape index (κ1) is 13.2. The third-order valence-electron chi connectivity index (χ3n) is 2.78. The second-order valence-electron chi connectivity index (χ2n) is 5.29. The van der Waals surface area contributed by atoms with E-state index < -0.39 is 11.2 Å². The number of nitrogens with zero attached hydrogens (tertiary/aromatic N) is 3. The quantitative estimate of drug-likeness (QED) is 0.844.